The van der Waals surface area contributed by atoms with E-state index in [1.165, 1.54) is 37.6 Å². The second-order valence-corrected chi connectivity index (χ2v) is 6.90. The Bertz CT molecular complexity index is 774. The summed E-state index contributed by atoms with van der Waals surface area (Å²) >= 11 is 0. The van der Waals surface area contributed by atoms with Crippen LogP contribution in [0.5, 0.6) is 0 Å². The van der Waals surface area contributed by atoms with Gasteiger partial charge < -0.3 is 0 Å². The Labute approximate surface area is 148 Å². The van der Waals surface area contributed by atoms with E-state index in [1.807, 2.05) is 0 Å². The van der Waals surface area contributed by atoms with Crippen molar-refractivity contribution in [2.24, 2.45) is 5.11 Å². The van der Waals surface area contributed by atoms with Gasteiger partial charge in [-0.15, -0.1) is 5.11 Å². The van der Waals surface area contributed by atoms with E-state index in [4.69, 9.17) is 5.53 Å². The van der Waals surface area contributed by atoms with Crippen LogP contribution in [-0.2, 0) is 13.0 Å². The fraction of sp³-hybridized carbons (Fsp3) is 0.400. The number of nitrogens with one attached hydrogen (secondary N) is 1. The molecule has 1 N–H and O–H groups in total. The Balaban J connectivity index is 1.40. The Morgan fingerprint density at radius 1 is 1.08 bits per heavy atom. The van der Waals surface area contributed by atoms with Crippen LogP contribution >= 0.6 is 0 Å². The van der Waals surface area contributed by atoms with Gasteiger partial charge >= 0.3 is 0 Å². The van der Waals surface area contributed by atoms with Crippen molar-refractivity contribution in [1.29, 1.82) is 5.53 Å². The fourth-order valence-electron chi connectivity index (χ4n) is 4.03. The molecule has 1 aromatic heterocycles. The quantitative estimate of drug-likeness (QED) is 0.840. The lowest BCUT2D eigenvalue weighted by atomic mass is 9.87. The zero-order valence-corrected chi connectivity index (χ0v) is 14.4. The summed E-state index contributed by atoms with van der Waals surface area (Å²) in [5.74, 6) is 0.543. The predicted molar refractivity (Wildman–Crippen MR) is 97.6 cm³/mol. The average Bonchev–Trinajstić information content (AvgIpc) is 2.68. The molecule has 5 heteroatoms. The van der Waals surface area contributed by atoms with Gasteiger partial charge in [-0.1, -0.05) is 42.0 Å². The summed E-state index contributed by atoms with van der Waals surface area (Å²) in [6, 6.07) is 11.2. The maximum Gasteiger partial charge on any atom is 0.180 e. The Morgan fingerprint density at radius 2 is 1.88 bits per heavy atom. The van der Waals surface area contributed by atoms with Crippen LogP contribution in [0.25, 0.3) is 6.08 Å². The third-order valence-electron chi connectivity index (χ3n) is 5.40. The molecule has 4 rings (SSSR count). The molecule has 1 aliphatic carbocycles. The molecule has 2 aromatic rings. The highest BCUT2D eigenvalue weighted by atomic mass is 15.2. The molecule has 0 bridgehead atoms. The summed E-state index contributed by atoms with van der Waals surface area (Å²) in [5.41, 5.74) is 12.3. The number of hydrogen-bond acceptors (Lipinski definition) is 5. The second kappa shape index (κ2) is 7.23. The summed E-state index contributed by atoms with van der Waals surface area (Å²) in [5, 5.41) is 3.54. The zero-order chi connectivity index (χ0) is 17.1. The Morgan fingerprint density at radius 3 is 2.64 bits per heavy atom. The standard InChI is InChI=1S/C20H23N5/c21-24-20-18-10-11-25(13-19(18)22-14-23-20)17-8-6-16(7-9-17)12-15-4-2-1-3-5-15/h1-5,12,14,17,21H,6-11,13H2. The van der Waals surface area contributed by atoms with Crippen molar-refractivity contribution in [3.05, 3.63) is 59.1 Å². The fourth-order valence-corrected chi connectivity index (χ4v) is 4.03. The molecule has 0 atom stereocenters. The summed E-state index contributed by atoms with van der Waals surface area (Å²) < 4.78 is 0. The number of fused-ring (bicyclic) bond motifs is 1. The summed E-state index contributed by atoms with van der Waals surface area (Å²) in [4.78, 5) is 11.1. The maximum absolute atomic E-state index is 7.26. The Kier molecular flexibility index (Phi) is 4.65. The third kappa shape index (κ3) is 3.51. The van der Waals surface area contributed by atoms with E-state index in [1.54, 1.807) is 5.57 Å². The van der Waals surface area contributed by atoms with E-state index >= 15 is 0 Å². The molecular formula is C20H23N5. The van der Waals surface area contributed by atoms with Crippen LogP contribution in [0.1, 0.15) is 42.5 Å². The highest BCUT2D eigenvalue weighted by Gasteiger charge is 2.28. The lowest BCUT2D eigenvalue weighted by Crippen LogP contribution is -2.41. The molecule has 2 heterocycles. The van der Waals surface area contributed by atoms with Crippen LogP contribution in [0.15, 0.2) is 47.3 Å². The van der Waals surface area contributed by atoms with Gasteiger partial charge in [0, 0.05) is 24.7 Å². The van der Waals surface area contributed by atoms with Crippen molar-refractivity contribution in [2.75, 3.05) is 6.54 Å². The minimum atomic E-state index is 0.543. The van der Waals surface area contributed by atoms with Crippen molar-refractivity contribution in [2.45, 2.75) is 44.7 Å². The van der Waals surface area contributed by atoms with Gasteiger partial charge in [-0.05, 0) is 37.7 Å². The Hall–Kier alpha value is -2.40. The van der Waals surface area contributed by atoms with Crippen LogP contribution in [-0.4, -0.2) is 27.5 Å². The van der Waals surface area contributed by atoms with E-state index in [2.05, 4.69) is 56.4 Å². The molecule has 1 aliphatic heterocycles. The van der Waals surface area contributed by atoms with Gasteiger partial charge in [0.05, 0.1) is 5.69 Å². The number of aromatic nitrogens is 2. The van der Waals surface area contributed by atoms with Crippen LogP contribution in [0.3, 0.4) is 0 Å². The maximum atomic E-state index is 7.26. The van der Waals surface area contributed by atoms with E-state index in [9.17, 15) is 0 Å². The molecule has 0 amide bonds. The highest BCUT2D eigenvalue weighted by Crippen LogP contribution is 2.32. The van der Waals surface area contributed by atoms with Gasteiger partial charge in [-0.2, -0.15) is 0 Å². The first-order chi connectivity index (χ1) is 12.3. The van der Waals surface area contributed by atoms with Crippen molar-refractivity contribution < 1.29 is 0 Å². The molecule has 128 valence electrons. The first kappa shape index (κ1) is 16.1. The molecule has 1 saturated carbocycles. The van der Waals surface area contributed by atoms with Gasteiger partial charge in [0.2, 0.25) is 0 Å². The minimum Gasteiger partial charge on any atom is -0.294 e. The number of hydrogen-bond donors (Lipinski definition) is 1. The normalized spacial score (nSPS) is 20.8. The second-order valence-electron chi connectivity index (χ2n) is 6.90. The first-order valence-electron chi connectivity index (χ1n) is 9.02. The lowest BCUT2D eigenvalue weighted by molar-refractivity contribution is 0.149. The van der Waals surface area contributed by atoms with E-state index in [-0.39, 0.29) is 0 Å². The van der Waals surface area contributed by atoms with Gasteiger partial charge in [0.15, 0.2) is 5.82 Å². The van der Waals surface area contributed by atoms with E-state index < -0.39 is 0 Å². The molecule has 2 aliphatic rings. The smallest absolute Gasteiger partial charge is 0.180 e. The molecule has 0 unspecified atom stereocenters. The van der Waals surface area contributed by atoms with Gasteiger partial charge in [0.25, 0.3) is 0 Å². The molecule has 0 spiro atoms. The number of rotatable bonds is 3. The molecular weight excluding hydrogens is 310 g/mol. The monoisotopic (exact) mass is 333 g/mol. The van der Waals surface area contributed by atoms with E-state index in [0.29, 0.717) is 11.9 Å². The molecule has 0 radical (unpaired) electrons. The average molecular weight is 333 g/mol. The lowest BCUT2D eigenvalue weighted by Gasteiger charge is -2.37. The topological polar surface area (TPSA) is 65.2 Å². The van der Waals surface area contributed by atoms with E-state index in [0.717, 1.165) is 30.8 Å². The zero-order valence-electron chi connectivity index (χ0n) is 14.4. The minimum absolute atomic E-state index is 0.543. The van der Waals surface area contributed by atoms with Crippen LogP contribution in [0.2, 0.25) is 0 Å². The van der Waals surface area contributed by atoms with Crippen molar-refractivity contribution >= 4 is 11.9 Å². The van der Waals surface area contributed by atoms with Crippen LogP contribution < -0.4 is 0 Å². The van der Waals surface area contributed by atoms with Crippen molar-refractivity contribution in [3.63, 3.8) is 0 Å². The number of benzene rings is 1. The van der Waals surface area contributed by atoms with Crippen LogP contribution in [0, 0.1) is 5.53 Å². The number of nitrogens with zero attached hydrogens (tertiary/aromatic N) is 4. The van der Waals surface area contributed by atoms with Gasteiger partial charge in [-0.3, -0.25) is 4.90 Å². The molecule has 1 fully saturated rings. The van der Waals surface area contributed by atoms with Crippen LogP contribution in [0.4, 0.5) is 5.82 Å². The predicted octanol–water partition coefficient (Wildman–Crippen LogP) is 4.52. The van der Waals surface area contributed by atoms with Gasteiger partial charge in [-0.25, -0.2) is 15.5 Å². The largest absolute Gasteiger partial charge is 0.294 e. The summed E-state index contributed by atoms with van der Waals surface area (Å²) in [6.07, 6.45) is 9.59. The SMILES string of the molecule is N=Nc1ncnc2c1CCN(C1CCC(=Cc3ccccc3)CC1)C2. The third-order valence-corrected chi connectivity index (χ3v) is 5.40. The first-order valence-corrected chi connectivity index (χ1v) is 9.02. The molecule has 1 aromatic carbocycles. The molecule has 0 saturated heterocycles. The van der Waals surface area contributed by atoms with Crippen molar-refractivity contribution in [3.8, 4) is 0 Å². The van der Waals surface area contributed by atoms with Gasteiger partial charge in [0.1, 0.15) is 6.33 Å². The molecule has 25 heavy (non-hydrogen) atoms. The molecule has 5 nitrogen and oxygen atoms in total. The highest BCUT2D eigenvalue weighted by molar-refractivity contribution is 5.52. The summed E-state index contributed by atoms with van der Waals surface area (Å²) in [6.45, 7) is 1.88. The van der Waals surface area contributed by atoms with Crippen molar-refractivity contribution in [1.82, 2.24) is 14.9 Å². The number of allylic oxidation sites excluding steroid dienone is 1. The summed E-state index contributed by atoms with van der Waals surface area (Å²) in [7, 11) is 0.